The molecule has 0 fully saturated rings. The van der Waals surface area contributed by atoms with Crippen LogP contribution in [0.25, 0.3) is 0 Å². The summed E-state index contributed by atoms with van der Waals surface area (Å²) in [5.74, 6) is 0.697. The number of sulfone groups is 1. The van der Waals surface area contributed by atoms with Gasteiger partial charge in [0.1, 0.15) is 0 Å². The summed E-state index contributed by atoms with van der Waals surface area (Å²) in [6.45, 7) is 7.17. The minimum Gasteiger partial charge on any atom is -0.228 e. The second-order valence-corrected chi connectivity index (χ2v) is 9.99. The van der Waals surface area contributed by atoms with Crippen molar-refractivity contribution >= 4 is 33.0 Å². The van der Waals surface area contributed by atoms with Crippen LogP contribution in [0, 0.1) is 6.92 Å². The molecule has 0 spiro atoms. The fourth-order valence-electron chi connectivity index (χ4n) is 2.01. The third-order valence-electron chi connectivity index (χ3n) is 3.96. The molecule has 5 heteroatoms. The van der Waals surface area contributed by atoms with Crippen LogP contribution < -0.4 is 0 Å². The van der Waals surface area contributed by atoms with Crippen LogP contribution >= 0.6 is 23.2 Å². The van der Waals surface area contributed by atoms with Gasteiger partial charge in [-0.05, 0) is 39.7 Å². The molecule has 2 nitrogen and oxygen atoms in total. The minimum absolute atomic E-state index is 0.0871. The van der Waals surface area contributed by atoms with E-state index in [1.165, 1.54) is 0 Å². The molecule has 0 atom stereocenters. The lowest BCUT2D eigenvalue weighted by Crippen LogP contribution is -2.37. The zero-order valence-electron chi connectivity index (χ0n) is 13.1. The van der Waals surface area contributed by atoms with E-state index in [0.717, 1.165) is 11.1 Å². The molecule has 0 aliphatic rings. The van der Waals surface area contributed by atoms with E-state index >= 15 is 0 Å². The Kier molecular flexibility index (Phi) is 6.17. The Labute approximate surface area is 138 Å². The molecular formula is C16H24Cl2O2S. The zero-order valence-corrected chi connectivity index (χ0v) is 15.4. The van der Waals surface area contributed by atoms with Gasteiger partial charge >= 0.3 is 0 Å². The monoisotopic (exact) mass is 350 g/mol. The van der Waals surface area contributed by atoms with Crippen LogP contribution in [0.3, 0.4) is 0 Å². The summed E-state index contributed by atoms with van der Waals surface area (Å²) in [5.41, 5.74) is 1.65. The van der Waals surface area contributed by atoms with Gasteiger partial charge in [-0.3, -0.25) is 0 Å². The lowest BCUT2D eigenvalue weighted by atomic mass is 9.81. The predicted molar refractivity (Wildman–Crippen MR) is 92.5 cm³/mol. The van der Waals surface area contributed by atoms with Gasteiger partial charge in [-0.15, -0.1) is 23.2 Å². The van der Waals surface area contributed by atoms with E-state index in [1.807, 2.05) is 31.2 Å². The normalized spacial score (nSPS) is 13.4. The molecule has 0 unspecified atom stereocenters. The molecule has 0 radical (unpaired) electrons. The highest BCUT2D eigenvalue weighted by molar-refractivity contribution is 7.92. The molecule has 1 aromatic rings. The zero-order chi connectivity index (χ0) is 16.3. The lowest BCUT2D eigenvalue weighted by Gasteiger charge is -2.31. The fourth-order valence-corrected chi connectivity index (χ4v) is 4.14. The molecule has 0 aromatic heterocycles. The van der Waals surface area contributed by atoms with E-state index in [9.17, 15) is 8.42 Å². The Balaban J connectivity index is 3.05. The van der Waals surface area contributed by atoms with Crippen LogP contribution in [0.5, 0.6) is 0 Å². The molecular weight excluding hydrogens is 327 g/mol. The topological polar surface area (TPSA) is 34.1 Å². The molecule has 21 heavy (non-hydrogen) atoms. The highest BCUT2D eigenvalue weighted by atomic mass is 35.5. The van der Waals surface area contributed by atoms with Crippen molar-refractivity contribution in [2.24, 2.45) is 0 Å². The maximum Gasteiger partial charge on any atom is 0.155 e. The first-order chi connectivity index (χ1) is 9.58. The third-order valence-corrected chi connectivity index (χ3v) is 7.59. The van der Waals surface area contributed by atoms with Crippen molar-refractivity contribution in [1.82, 2.24) is 0 Å². The number of halogens is 2. The van der Waals surface area contributed by atoms with Crippen molar-refractivity contribution < 1.29 is 8.42 Å². The van der Waals surface area contributed by atoms with E-state index in [2.05, 4.69) is 0 Å². The number of alkyl halides is 2. The average Bonchev–Trinajstić information content (AvgIpc) is 2.41. The van der Waals surface area contributed by atoms with E-state index < -0.39 is 20.0 Å². The average molecular weight is 351 g/mol. The van der Waals surface area contributed by atoms with Crippen LogP contribution in [0.2, 0.25) is 0 Å². The van der Waals surface area contributed by atoms with Crippen molar-refractivity contribution in [2.45, 2.75) is 44.3 Å². The molecule has 0 aliphatic heterocycles. The highest BCUT2D eigenvalue weighted by Gasteiger charge is 2.36. The van der Waals surface area contributed by atoms with Crippen LogP contribution in [-0.4, -0.2) is 30.7 Å². The van der Waals surface area contributed by atoms with E-state index in [-0.39, 0.29) is 5.75 Å². The summed E-state index contributed by atoms with van der Waals surface area (Å²) in [6, 6.07) is 7.98. The van der Waals surface area contributed by atoms with E-state index in [1.54, 1.807) is 20.8 Å². The molecule has 0 heterocycles. The van der Waals surface area contributed by atoms with E-state index in [0.29, 0.717) is 18.2 Å². The molecule has 120 valence electrons. The van der Waals surface area contributed by atoms with Gasteiger partial charge in [0.2, 0.25) is 0 Å². The number of hydrogen-bond donors (Lipinski definition) is 0. The highest BCUT2D eigenvalue weighted by Crippen LogP contribution is 2.33. The Morgan fingerprint density at radius 1 is 1.00 bits per heavy atom. The molecule has 0 saturated carbocycles. The predicted octanol–water partition coefficient (Wildman–Crippen LogP) is 4.31. The molecule has 1 aromatic carbocycles. The number of benzene rings is 1. The minimum atomic E-state index is -3.18. The Morgan fingerprint density at radius 2 is 1.48 bits per heavy atom. The molecule has 0 amide bonds. The quantitative estimate of drug-likeness (QED) is 0.716. The summed E-state index contributed by atoms with van der Waals surface area (Å²) in [6.07, 6.45) is 0.433. The van der Waals surface area contributed by atoms with Gasteiger partial charge in [0, 0.05) is 17.2 Å². The number of aryl methyl sites for hydroxylation is 1. The van der Waals surface area contributed by atoms with Gasteiger partial charge in [-0.25, -0.2) is 8.42 Å². The summed E-state index contributed by atoms with van der Waals surface area (Å²) in [4.78, 5) is 0. The van der Waals surface area contributed by atoms with Gasteiger partial charge in [-0.1, -0.05) is 29.8 Å². The van der Waals surface area contributed by atoms with Gasteiger partial charge in [0.15, 0.2) is 9.84 Å². The van der Waals surface area contributed by atoms with Crippen LogP contribution in [-0.2, 0) is 15.3 Å². The second kappa shape index (κ2) is 6.89. The van der Waals surface area contributed by atoms with Crippen LogP contribution in [0.4, 0.5) is 0 Å². The smallest absolute Gasteiger partial charge is 0.155 e. The fraction of sp³-hybridized carbons (Fsp3) is 0.625. The summed E-state index contributed by atoms with van der Waals surface area (Å²) in [5, 5.41) is 0. The first-order valence-corrected chi connectivity index (χ1v) is 9.71. The van der Waals surface area contributed by atoms with Gasteiger partial charge in [0.05, 0.1) is 10.5 Å². The lowest BCUT2D eigenvalue weighted by molar-refractivity contribution is 0.502. The Bertz CT molecular complexity index is 553. The molecule has 0 aliphatic carbocycles. The first kappa shape index (κ1) is 18.8. The SMILES string of the molecule is Cc1ccc(C(CCl)(CCl)CCS(=O)(=O)C(C)(C)C)cc1. The first-order valence-electron chi connectivity index (χ1n) is 6.99. The molecule has 0 saturated heterocycles. The molecule has 0 N–H and O–H groups in total. The molecule has 1 rings (SSSR count). The number of rotatable bonds is 6. The second-order valence-electron chi connectivity index (χ2n) is 6.59. The van der Waals surface area contributed by atoms with Gasteiger partial charge in [0.25, 0.3) is 0 Å². The standard InChI is InChI=1S/C16H24Cl2O2S/c1-13-5-7-14(8-6-13)16(11-17,12-18)9-10-21(19,20)15(2,3)4/h5-8H,9-12H2,1-4H3. The van der Waals surface area contributed by atoms with Crippen molar-refractivity contribution in [3.63, 3.8) is 0 Å². The third kappa shape index (κ3) is 4.37. The molecule has 0 bridgehead atoms. The van der Waals surface area contributed by atoms with Gasteiger partial charge < -0.3 is 0 Å². The summed E-state index contributed by atoms with van der Waals surface area (Å²) < 4.78 is 23.9. The number of hydrogen-bond acceptors (Lipinski definition) is 2. The van der Waals surface area contributed by atoms with Crippen LogP contribution in [0.15, 0.2) is 24.3 Å². The maximum atomic E-state index is 12.3. The Morgan fingerprint density at radius 3 is 1.86 bits per heavy atom. The van der Waals surface area contributed by atoms with Gasteiger partial charge in [-0.2, -0.15) is 0 Å². The van der Waals surface area contributed by atoms with Crippen molar-refractivity contribution in [3.05, 3.63) is 35.4 Å². The Hall–Kier alpha value is -0.250. The van der Waals surface area contributed by atoms with Crippen LogP contribution in [0.1, 0.15) is 38.3 Å². The van der Waals surface area contributed by atoms with Crippen molar-refractivity contribution in [3.8, 4) is 0 Å². The van der Waals surface area contributed by atoms with Crippen molar-refractivity contribution in [1.29, 1.82) is 0 Å². The summed E-state index contributed by atoms with van der Waals surface area (Å²) >= 11 is 12.3. The largest absolute Gasteiger partial charge is 0.228 e. The summed E-state index contributed by atoms with van der Waals surface area (Å²) in [7, 11) is -3.18. The van der Waals surface area contributed by atoms with Crippen molar-refractivity contribution in [2.75, 3.05) is 17.5 Å². The van der Waals surface area contributed by atoms with E-state index in [4.69, 9.17) is 23.2 Å². The maximum absolute atomic E-state index is 12.3.